The Morgan fingerprint density at radius 3 is 2.43 bits per heavy atom. The molecule has 0 bridgehead atoms. The van der Waals surface area contributed by atoms with Crippen LogP contribution in [-0.4, -0.2) is 30.0 Å². The molecule has 0 saturated carbocycles. The summed E-state index contributed by atoms with van der Waals surface area (Å²) in [7, 11) is 0. The quantitative estimate of drug-likeness (QED) is 0.353. The maximum Gasteiger partial charge on any atom is 0.344 e. The number of aromatic nitrogens is 1. The molecule has 4 rings (SSSR count). The fourth-order valence-corrected chi connectivity index (χ4v) is 3.36. The van der Waals surface area contributed by atoms with E-state index < -0.39 is 5.97 Å². The Kier molecular flexibility index (Phi) is 5.61. The van der Waals surface area contributed by atoms with Gasteiger partial charge in [-0.2, -0.15) is 0 Å². The second kappa shape index (κ2) is 8.66. The topological polar surface area (TPSA) is 68.4 Å². The number of ether oxygens (including phenoxy) is 2. The van der Waals surface area contributed by atoms with E-state index in [0.717, 1.165) is 22.0 Å². The van der Waals surface area contributed by atoms with Gasteiger partial charge in [0.2, 0.25) is 5.78 Å². The number of carbonyl (C=O) groups is 2. The Balaban J connectivity index is 1.48. The molecule has 0 aliphatic heterocycles. The second-order valence-corrected chi connectivity index (χ2v) is 6.98. The van der Waals surface area contributed by atoms with Crippen LogP contribution in [0.3, 0.4) is 0 Å². The standard InChI is InChI=1S/C25H21NO4/c1-17-8-7-11-19(14-17)29-16-23(28)30-15-22(27)24-20-12-5-6-13-21(20)26-25(24)18-9-3-2-4-10-18/h2-14,26H,15-16H2,1H3. The zero-order valence-corrected chi connectivity index (χ0v) is 16.6. The van der Waals surface area contributed by atoms with Crippen molar-refractivity contribution in [2.75, 3.05) is 13.2 Å². The van der Waals surface area contributed by atoms with Gasteiger partial charge in [-0.3, -0.25) is 4.79 Å². The lowest BCUT2D eigenvalue weighted by Crippen LogP contribution is -2.19. The molecule has 1 aromatic heterocycles. The number of benzene rings is 3. The number of ketones is 1. The van der Waals surface area contributed by atoms with Gasteiger partial charge in [-0.15, -0.1) is 0 Å². The summed E-state index contributed by atoms with van der Waals surface area (Å²) >= 11 is 0. The van der Waals surface area contributed by atoms with Crippen LogP contribution in [0.5, 0.6) is 5.75 Å². The number of Topliss-reactive ketones (excluding diaryl/α,β-unsaturated/α-hetero) is 1. The van der Waals surface area contributed by atoms with E-state index in [-0.39, 0.29) is 19.0 Å². The molecule has 0 radical (unpaired) electrons. The molecule has 1 N–H and O–H groups in total. The molecule has 1 heterocycles. The molecule has 5 nitrogen and oxygen atoms in total. The average Bonchev–Trinajstić information content (AvgIpc) is 3.16. The van der Waals surface area contributed by atoms with E-state index in [2.05, 4.69) is 4.98 Å². The van der Waals surface area contributed by atoms with Crippen LogP contribution in [0.4, 0.5) is 0 Å². The Labute approximate surface area is 174 Å². The molecule has 0 aliphatic carbocycles. The highest BCUT2D eigenvalue weighted by Gasteiger charge is 2.20. The highest BCUT2D eigenvalue weighted by atomic mass is 16.6. The lowest BCUT2D eigenvalue weighted by Gasteiger charge is -2.08. The predicted octanol–water partition coefficient (Wildman–Crippen LogP) is 4.95. The predicted molar refractivity (Wildman–Crippen MR) is 116 cm³/mol. The lowest BCUT2D eigenvalue weighted by molar-refractivity contribution is -0.144. The first-order valence-corrected chi connectivity index (χ1v) is 9.66. The molecule has 0 saturated heterocycles. The van der Waals surface area contributed by atoms with Gasteiger partial charge in [0.25, 0.3) is 0 Å². The zero-order chi connectivity index (χ0) is 20.9. The van der Waals surface area contributed by atoms with Crippen molar-refractivity contribution < 1.29 is 19.1 Å². The first kappa shape index (κ1) is 19.5. The minimum atomic E-state index is -0.592. The van der Waals surface area contributed by atoms with Crippen LogP contribution in [0.25, 0.3) is 22.2 Å². The first-order valence-electron chi connectivity index (χ1n) is 9.66. The van der Waals surface area contributed by atoms with Gasteiger partial charge < -0.3 is 14.5 Å². The van der Waals surface area contributed by atoms with E-state index in [1.165, 1.54) is 0 Å². The summed E-state index contributed by atoms with van der Waals surface area (Å²) in [4.78, 5) is 28.4. The third-order valence-corrected chi connectivity index (χ3v) is 4.76. The van der Waals surface area contributed by atoms with Crippen molar-refractivity contribution in [1.29, 1.82) is 0 Å². The number of hydrogen-bond donors (Lipinski definition) is 1. The summed E-state index contributed by atoms with van der Waals surface area (Å²) in [5.74, 6) is -0.276. The number of esters is 1. The van der Waals surface area contributed by atoms with Crippen molar-refractivity contribution >= 4 is 22.7 Å². The smallest absolute Gasteiger partial charge is 0.344 e. The molecule has 3 aromatic carbocycles. The number of aromatic amines is 1. The summed E-state index contributed by atoms with van der Waals surface area (Å²) < 4.78 is 10.6. The summed E-state index contributed by atoms with van der Waals surface area (Å²) in [6.07, 6.45) is 0. The van der Waals surface area contributed by atoms with E-state index in [1.807, 2.05) is 79.7 Å². The van der Waals surface area contributed by atoms with E-state index >= 15 is 0 Å². The third kappa shape index (κ3) is 4.25. The molecule has 0 atom stereocenters. The molecule has 0 amide bonds. The van der Waals surface area contributed by atoms with Gasteiger partial charge in [-0.05, 0) is 36.2 Å². The first-order chi connectivity index (χ1) is 14.6. The van der Waals surface area contributed by atoms with Gasteiger partial charge in [-0.25, -0.2) is 4.79 Å². The molecule has 5 heteroatoms. The van der Waals surface area contributed by atoms with Gasteiger partial charge in [0.15, 0.2) is 13.2 Å². The summed E-state index contributed by atoms with van der Waals surface area (Å²) in [6.45, 7) is 1.34. The maximum absolute atomic E-state index is 13.0. The van der Waals surface area contributed by atoms with Crippen LogP contribution in [-0.2, 0) is 9.53 Å². The molecular weight excluding hydrogens is 378 g/mol. The number of nitrogens with one attached hydrogen (secondary N) is 1. The number of H-pyrrole nitrogens is 1. The molecule has 0 aliphatic rings. The fourth-order valence-electron chi connectivity index (χ4n) is 3.36. The minimum Gasteiger partial charge on any atom is -0.482 e. The van der Waals surface area contributed by atoms with Crippen molar-refractivity contribution in [3.05, 3.63) is 90.0 Å². The van der Waals surface area contributed by atoms with Crippen LogP contribution >= 0.6 is 0 Å². The maximum atomic E-state index is 13.0. The SMILES string of the molecule is Cc1cccc(OCC(=O)OCC(=O)c2c(-c3ccccc3)[nH]c3ccccc23)c1. The number of fused-ring (bicyclic) bond motifs is 1. The normalized spacial score (nSPS) is 10.7. The second-order valence-electron chi connectivity index (χ2n) is 6.98. The highest BCUT2D eigenvalue weighted by molar-refractivity contribution is 6.14. The summed E-state index contributed by atoms with van der Waals surface area (Å²) in [6, 6.07) is 24.6. The monoisotopic (exact) mass is 399 g/mol. The molecule has 0 spiro atoms. The summed E-state index contributed by atoms with van der Waals surface area (Å²) in [5.41, 5.74) is 4.02. The Bertz CT molecular complexity index is 1190. The fraction of sp³-hybridized carbons (Fsp3) is 0.120. The highest BCUT2D eigenvalue weighted by Crippen LogP contribution is 2.30. The number of rotatable bonds is 7. The molecular formula is C25H21NO4. The number of aryl methyl sites for hydroxylation is 1. The van der Waals surface area contributed by atoms with Crippen LogP contribution in [0, 0.1) is 6.92 Å². The Hall–Kier alpha value is -3.86. The van der Waals surface area contributed by atoms with Gasteiger partial charge in [-0.1, -0.05) is 60.7 Å². The van der Waals surface area contributed by atoms with Crippen molar-refractivity contribution in [3.8, 4) is 17.0 Å². The van der Waals surface area contributed by atoms with Crippen LogP contribution in [0.15, 0.2) is 78.9 Å². The molecule has 150 valence electrons. The number of para-hydroxylation sites is 1. The van der Waals surface area contributed by atoms with Gasteiger partial charge in [0, 0.05) is 10.9 Å². The zero-order valence-electron chi connectivity index (χ0n) is 16.6. The van der Waals surface area contributed by atoms with Gasteiger partial charge >= 0.3 is 5.97 Å². The number of hydrogen-bond acceptors (Lipinski definition) is 4. The van der Waals surface area contributed by atoms with Crippen LogP contribution < -0.4 is 4.74 Å². The molecule has 0 unspecified atom stereocenters. The van der Waals surface area contributed by atoms with E-state index in [1.54, 1.807) is 6.07 Å². The van der Waals surface area contributed by atoms with Crippen molar-refractivity contribution in [1.82, 2.24) is 4.98 Å². The van der Waals surface area contributed by atoms with Crippen molar-refractivity contribution in [3.63, 3.8) is 0 Å². The van der Waals surface area contributed by atoms with Crippen molar-refractivity contribution in [2.24, 2.45) is 0 Å². The minimum absolute atomic E-state index is 0.254. The Morgan fingerprint density at radius 1 is 0.867 bits per heavy atom. The van der Waals surface area contributed by atoms with E-state index in [4.69, 9.17) is 9.47 Å². The Morgan fingerprint density at radius 2 is 1.63 bits per heavy atom. The van der Waals surface area contributed by atoms with Crippen LogP contribution in [0.2, 0.25) is 0 Å². The lowest BCUT2D eigenvalue weighted by atomic mass is 10.0. The third-order valence-electron chi connectivity index (χ3n) is 4.76. The van der Waals surface area contributed by atoms with Gasteiger partial charge in [0.1, 0.15) is 5.75 Å². The van der Waals surface area contributed by atoms with E-state index in [9.17, 15) is 9.59 Å². The van der Waals surface area contributed by atoms with Crippen molar-refractivity contribution in [2.45, 2.75) is 6.92 Å². The average molecular weight is 399 g/mol. The van der Waals surface area contributed by atoms with Gasteiger partial charge in [0.05, 0.1) is 11.3 Å². The summed E-state index contributed by atoms with van der Waals surface area (Å²) in [5, 5.41) is 0.799. The largest absolute Gasteiger partial charge is 0.482 e. The molecule has 0 fully saturated rings. The number of carbonyl (C=O) groups excluding carboxylic acids is 2. The van der Waals surface area contributed by atoms with Crippen LogP contribution in [0.1, 0.15) is 15.9 Å². The molecule has 30 heavy (non-hydrogen) atoms. The van der Waals surface area contributed by atoms with E-state index in [0.29, 0.717) is 17.0 Å². The molecule has 4 aromatic rings.